The third-order valence-electron chi connectivity index (χ3n) is 5.95. The smallest absolute Gasteiger partial charge is 0.339 e. The molecule has 1 aromatic heterocycles. The summed E-state index contributed by atoms with van der Waals surface area (Å²) in [5, 5.41) is 4.36. The molecule has 2 aromatic rings. The van der Waals surface area contributed by atoms with Crippen LogP contribution in [0.2, 0.25) is 0 Å². The predicted octanol–water partition coefficient (Wildman–Crippen LogP) is 2.13. The van der Waals surface area contributed by atoms with Crippen LogP contribution >= 0.6 is 0 Å². The summed E-state index contributed by atoms with van der Waals surface area (Å²) in [5.74, 6) is 0.593. The molecule has 0 aliphatic carbocycles. The van der Waals surface area contributed by atoms with Crippen LogP contribution in [0.15, 0.2) is 29.1 Å². The van der Waals surface area contributed by atoms with Crippen molar-refractivity contribution >= 4 is 5.91 Å². The third kappa shape index (κ3) is 5.00. The van der Waals surface area contributed by atoms with Gasteiger partial charge in [-0.25, -0.2) is 9.48 Å². The van der Waals surface area contributed by atoms with E-state index in [9.17, 15) is 22.8 Å². The first-order valence-electron chi connectivity index (χ1n) is 10.6. The predicted molar refractivity (Wildman–Crippen MR) is 107 cm³/mol. The lowest BCUT2D eigenvalue weighted by Gasteiger charge is -2.34. The summed E-state index contributed by atoms with van der Waals surface area (Å²) in [6, 6.07) is 5.34. The highest BCUT2D eigenvalue weighted by Gasteiger charge is 2.30. The Bertz CT molecular complexity index is 990. The Morgan fingerprint density at radius 2 is 1.81 bits per heavy atom. The van der Waals surface area contributed by atoms with Gasteiger partial charge in [0.1, 0.15) is 12.4 Å². The first-order chi connectivity index (χ1) is 14.8. The standard InChI is InChI=1S/C21H26F3N5O2/c22-21(23,24)17-6-4-5-16(13-17)14-26-9-11-27(12-10-26)19(30)15-29-20(31)28-8-3-1-2-7-18(28)25-29/h4-6,13H,1-3,7-12,14-15H2. The number of hydrogen-bond donors (Lipinski definition) is 0. The van der Waals surface area contributed by atoms with Gasteiger partial charge < -0.3 is 4.90 Å². The number of aromatic nitrogens is 3. The molecule has 4 rings (SSSR count). The van der Waals surface area contributed by atoms with E-state index in [1.54, 1.807) is 15.5 Å². The monoisotopic (exact) mass is 437 g/mol. The van der Waals surface area contributed by atoms with Gasteiger partial charge in [0.05, 0.1) is 5.56 Å². The molecule has 2 aliphatic rings. The van der Waals surface area contributed by atoms with E-state index in [4.69, 9.17) is 0 Å². The molecular formula is C21H26F3N5O2. The van der Waals surface area contributed by atoms with E-state index in [2.05, 4.69) is 5.10 Å². The van der Waals surface area contributed by atoms with Crippen LogP contribution < -0.4 is 5.69 Å². The van der Waals surface area contributed by atoms with Gasteiger partial charge in [0.15, 0.2) is 0 Å². The van der Waals surface area contributed by atoms with Crippen molar-refractivity contribution in [3.8, 4) is 0 Å². The Labute approximate surface area is 178 Å². The SMILES string of the molecule is O=C(Cn1nc2n(c1=O)CCCCC2)N1CCN(Cc2cccc(C(F)(F)F)c2)CC1. The van der Waals surface area contributed by atoms with Gasteiger partial charge >= 0.3 is 11.9 Å². The highest BCUT2D eigenvalue weighted by atomic mass is 19.4. The van der Waals surface area contributed by atoms with Crippen molar-refractivity contribution in [3.63, 3.8) is 0 Å². The minimum atomic E-state index is -4.36. The van der Waals surface area contributed by atoms with E-state index in [0.29, 0.717) is 44.8 Å². The molecule has 31 heavy (non-hydrogen) atoms. The third-order valence-corrected chi connectivity index (χ3v) is 5.95. The summed E-state index contributed by atoms with van der Waals surface area (Å²) in [6.45, 7) is 3.05. The summed E-state index contributed by atoms with van der Waals surface area (Å²) in [6.07, 6.45) is -0.583. The Kier molecular flexibility index (Phi) is 6.17. The minimum Gasteiger partial charge on any atom is -0.339 e. The fourth-order valence-electron chi connectivity index (χ4n) is 4.22. The van der Waals surface area contributed by atoms with Crippen LogP contribution in [-0.4, -0.2) is 56.2 Å². The summed E-state index contributed by atoms with van der Waals surface area (Å²) in [5.41, 5.74) is -0.281. The van der Waals surface area contributed by atoms with Gasteiger partial charge in [0.25, 0.3) is 0 Å². The fraction of sp³-hybridized carbons (Fsp3) is 0.571. The van der Waals surface area contributed by atoms with Crippen LogP contribution in [0, 0.1) is 0 Å². The van der Waals surface area contributed by atoms with Crippen LogP contribution in [0.3, 0.4) is 0 Å². The molecule has 0 atom stereocenters. The van der Waals surface area contributed by atoms with Gasteiger partial charge in [0.2, 0.25) is 5.91 Å². The van der Waals surface area contributed by atoms with E-state index in [0.717, 1.165) is 37.6 Å². The highest BCUT2D eigenvalue weighted by molar-refractivity contribution is 5.76. The molecule has 1 aromatic carbocycles. The van der Waals surface area contributed by atoms with E-state index in [-0.39, 0.29) is 18.1 Å². The van der Waals surface area contributed by atoms with Crippen LogP contribution in [0.5, 0.6) is 0 Å². The zero-order chi connectivity index (χ0) is 22.0. The van der Waals surface area contributed by atoms with Crippen molar-refractivity contribution in [2.75, 3.05) is 26.2 Å². The number of amides is 1. The minimum absolute atomic E-state index is 0.0769. The molecule has 0 radical (unpaired) electrons. The van der Waals surface area contributed by atoms with Crippen molar-refractivity contribution < 1.29 is 18.0 Å². The van der Waals surface area contributed by atoms with E-state index in [1.165, 1.54) is 16.8 Å². The maximum atomic E-state index is 12.9. The average molecular weight is 437 g/mol. The second-order valence-corrected chi connectivity index (χ2v) is 8.17. The summed E-state index contributed by atoms with van der Waals surface area (Å²) in [4.78, 5) is 29.0. The van der Waals surface area contributed by atoms with Crippen LogP contribution in [-0.2, 0) is 37.0 Å². The van der Waals surface area contributed by atoms with Crippen molar-refractivity contribution in [1.82, 2.24) is 24.1 Å². The molecule has 3 heterocycles. The lowest BCUT2D eigenvalue weighted by Crippen LogP contribution is -2.49. The molecule has 10 heteroatoms. The Morgan fingerprint density at radius 1 is 1.03 bits per heavy atom. The maximum absolute atomic E-state index is 12.9. The first kappa shape index (κ1) is 21.6. The molecule has 1 saturated heterocycles. The average Bonchev–Trinajstić information content (AvgIpc) is 2.90. The van der Waals surface area contributed by atoms with Crippen LogP contribution in [0.25, 0.3) is 0 Å². The van der Waals surface area contributed by atoms with Crippen molar-refractivity contribution in [1.29, 1.82) is 0 Å². The molecule has 1 amide bonds. The van der Waals surface area contributed by atoms with Crippen molar-refractivity contribution in [2.45, 2.75) is 51.5 Å². The molecule has 0 spiro atoms. The van der Waals surface area contributed by atoms with Crippen LogP contribution in [0.1, 0.15) is 36.2 Å². The molecule has 0 N–H and O–H groups in total. The van der Waals surface area contributed by atoms with Gasteiger partial charge in [-0.3, -0.25) is 14.3 Å². The quantitative estimate of drug-likeness (QED) is 0.735. The maximum Gasteiger partial charge on any atom is 0.416 e. The number of rotatable bonds is 4. The number of carbonyl (C=O) groups excluding carboxylic acids is 1. The largest absolute Gasteiger partial charge is 0.416 e. The summed E-state index contributed by atoms with van der Waals surface area (Å²) in [7, 11) is 0. The Morgan fingerprint density at radius 3 is 2.55 bits per heavy atom. The Balaban J connectivity index is 1.32. The fourth-order valence-corrected chi connectivity index (χ4v) is 4.22. The number of piperazine rings is 1. The number of benzene rings is 1. The zero-order valence-electron chi connectivity index (χ0n) is 17.3. The number of alkyl halides is 3. The van der Waals surface area contributed by atoms with Crippen LogP contribution in [0.4, 0.5) is 13.2 Å². The number of aryl methyl sites for hydroxylation is 1. The van der Waals surface area contributed by atoms with Gasteiger partial charge in [-0.15, -0.1) is 0 Å². The topological polar surface area (TPSA) is 63.4 Å². The lowest BCUT2D eigenvalue weighted by atomic mass is 10.1. The van der Waals surface area contributed by atoms with Crippen molar-refractivity contribution in [3.05, 3.63) is 51.7 Å². The Hall–Kier alpha value is -2.62. The zero-order valence-corrected chi connectivity index (χ0v) is 17.3. The number of fused-ring (bicyclic) bond motifs is 1. The summed E-state index contributed by atoms with van der Waals surface area (Å²) >= 11 is 0. The molecule has 0 unspecified atom stereocenters. The second-order valence-electron chi connectivity index (χ2n) is 8.17. The van der Waals surface area contributed by atoms with Gasteiger partial charge in [-0.05, 0) is 24.5 Å². The number of carbonyl (C=O) groups is 1. The molecular weight excluding hydrogens is 411 g/mol. The molecule has 0 saturated carbocycles. The summed E-state index contributed by atoms with van der Waals surface area (Å²) < 4.78 is 41.6. The molecule has 1 fully saturated rings. The van der Waals surface area contributed by atoms with E-state index < -0.39 is 11.7 Å². The molecule has 0 bridgehead atoms. The number of nitrogens with zero attached hydrogens (tertiary/aromatic N) is 5. The number of hydrogen-bond acceptors (Lipinski definition) is 4. The lowest BCUT2D eigenvalue weighted by molar-refractivity contribution is -0.138. The van der Waals surface area contributed by atoms with E-state index >= 15 is 0 Å². The molecule has 7 nitrogen and oxygen atoms in total. The number of halogens is 3. The molecule has 2 aliphatic heterocycles. The van der Waals surface area contributed by atoms with Gasteiger partial charge in [-0.1, -0.05) is 24.6 Å². The normalized spacial score (nSPS) is 18.0. The second kappa shape index (κ2) is 8.86. The van der Waals surface area contributed by atoms with Gasteiger partial charge in [0, 0.05) is 45.7 Å². The van der Waals surface area contributed by atoms with Gasteiger partial charge in [-0.2, -0.15) is 18.3 Å². The van der Waals surface area contributed by atoms with E-state index in [1.807, 2.05) is 4.90 Å². The first-order valence-corrected chi connectivity index (χ1v) is 10.6. The highest BCUT2D eigenvalue weighted by Crippen LogP contribution is 2.29. The van der Waals surface area contributed by atoms with Crippen molar-refractivity contribution in [2.24, 2.45) is 0 Å². The molecule has 168 valence electrons.